The molecule has 0 saturated carbocycles. The molecule has 0 spiro atoms. The summed E-state index contributed by atoms with van der Waals surface area (Å²) in [5, 5.41) is 10.8. The van der Waals surface area contributed by atoms with Crippen LogP contribution in [0.2, 0.25) is 0 Å². The lowest BCUT2D eigenvalue weighted by Gasteiger charge is -2.30. The van der Waals surface area contributed by atoms with Gasteiger partial charge in [-0.15, -0.1) is 0 Å². The molecule has 2 aliphatic rings. The lowest BCUT2D eigenvalue weighted by molar-refractivity contribution is 0.150. The Labute approximate surface area is 152 Å². The highest BCUT2D eigenvalue weighted by molar-refractivity contribution is 5.79. The van der Waals surface area contributed by atoms with E-state index in [1.165, 1.54) is 30.6 Å². The van der Waals surface area contributed by atoms with E-state index in [-0.39, 0.29) is 0 Å². The lowest BCUT2D eigenvalue weighted by atomic mass is 9.98. The third kappa shape index (κ3) is 2.44. The van der Waals surface area contributed by atoms with Crippen molar-refractivity contribution in [3.8, 4) is 0 Å². The average Bonchev–Trinajstić information content (AvgIpc) is 3.25. The molecule has 6 nitrogen and oxygen atoms in total. The molecule has 3 aromatic heterocycles. The Balaban J connectivity index is 1.64. The maximum absolute atomic E-state index is 10.8. The van der Waals surface area contributed by atoms with Crippen molar-refractivity contribution in [2.45, 2.75) is 44.9 Å². The Morgan fingerprint density at radius 1 is 1.27 bits per heavy atom. The summed E-state index contributed by atoms with van der Waals surface area (Å²) in [6.45, 7) is 4.71. The fourth-order valence-electron chi connectivity index (χ4n) is 4.59. The SMILES string of the molecule is Cc1cnc2c(n1)c1c(n2CC(O)c2ccccn2)CCN2CCCC12. The van der Waals surface area contributed by atoms with Gasteiger partial charge in [0.15, 0.2) is 5.65 Å². The lowest BCUT2D eigenvalue weighted by Crippen LogP contribution is -2.31. The fourth-order valence-corrected chi connectivity index (χ4v) is 4.59. The molecule has 1 saturated heterocycles. The van der Waals surface area contributed by atoms with Crippen LogP contribution in [0.1, 0.15) is 47.6 Å². The van der Waals surface area contributed by atoms with E-state index in [1.807, 2.05) is 31.3 Å². The zero-order valence-corrected chi connectivity index (χ0v) is 15.0. The van der Waals surface area contributed by atoms with E-state index < -0.39 is 6.10 Å². The van der Waals surface area contributed by atoms with Crippen molar-refractivity contribution in [2.24, 2.45) is 0 Å². The van der Waals surface area contributed by atoms with Gasteiger partial charge in [-0.25, -0.2) is 9.97 Å². The predicted octanol–water partition coefficient (Wildman–Crippen LogP) is 2.56. The largest absolute Gasteiger partial charge is 0.385 e. The number of hydrogen-bond acceptors (Lipinski definition) is 5. The second-order valence-corrected chi connectivity index (χ2v) is 7.37. The van der Waals surface area contributed by atoms with Gasteiger partial charge in [0.1, 0.15) is 11.6 Å². The van der Waals surface area contributed by atoms with Gasteiger partial charge in [-0.3, -0.25) is 9.88 Å². The van der Waals surface area contributed by atoms with Gasteiger partial charge in [0.25, 0.3) is 0 Å². The standard InChI is InChI=1S/C20H23N5O/c1-13-11-22-20-19(23-13)18-15-6-4-9-24(15)10-7-16(18)25(20)12-17(26)14-5-2-3-8-21-14/h2-3,5,8,11,15,17,26H,4,6-7,9-10,12H2,1H3. The van der Waals surface area contributed by atoms with Crippen LogP contribution in [0.15, 0.2) is 30.6 Å². The Bertz CT molecular complexity index is 952. The van der Waals surface area contributed by atoms with Crippen LogP contribution in [0.3, 0.4) is 0 Å². The first-order chi connectivity index (χ1) is 12.7. The third-order valence-corrected chi connectivity index (χ3v) is 5.74. The smallest absolute Gasteiger partial charge is 0.159 e. The molecule has 2 aliphatic heterocycles. The van der Waals surface area contributed by atoms with Gasteiger partial charge in [-0.1, -0.05) is 6.07 Å². The zero-order valence-electron chi connectivity index (χ0n) is 15.0. The van der Waals surface area contributed by atoms with Crippen molar-refractivity contribution in [1.82, 2.24) is 24.4 Å². The normalized spacial score (nSPS) is 20.9. The Morgan fingerprint density at radius 3 is 3.04 bits per heavy atom. The summed E-state index contributed by atoms with van der Waals surface area (Å²) < 4.78 is 2.19. The van der Waals surface area contributed by atoms with Crippen molar-refractivity contribution in [3.63, 3.8) is 0 Å². The van der Waals surface area contributed by atoms with Crippen LogP contribution in [0.5, 0.6) is 0 Å². The Kier molecular flexibility index (Phi) is 3.76. The molecule has 5 rings (SSSR count). The number of nitrogens with zero attached hydrogens (tertiary/aromatic N) is 5. The molecule has 1 N–H and O–H groups in total. The van der Waals surface area contributed by atoms with Crippen molar-refractivity contribution in [2.75, 3.05) is 13.1 Å². The van der Waals surface area contributed by atoms with E-state index in [9.17, 15) is 5.11 Å². The summed E-state index contributed by atoms with van der Waals surface area (Å²) in [6.07, 6.45) is 6.31. The van der Waals surface area contributed by atoms with Gasteiger partial charge in [-0.05, 0) is 38.4 Å². The highest BCUT2D eigenvalue weighted by Gasteiger charge is 2.36. The van der Waals surface area contributed by atoms with Crippen LogP contribution in [-0.4, -0.2) is 42.6 Å². The van der Waals surface area contributed by atoms with Crippen molar-refractivity contribution < 1.29 is 5.11 Å². The average molecular weight is 349 g/mol. The number of aliphatic hydroxyl groups is 1. The van der Waals surface area contributed by atoms with E-state index in [1.54, 1.807) is 6.20 Å². The highest BCUT2D eigenvalue weighted by atomic mass is 16.3. The van der Waals surface area contributed by atoms with E-state index in [0.29, 0.717) is 18.3 Å². The maximum Gasteiger partial charge on any atom is 0.159 e. The third-order valence-electron chi connectivity index (χ3n) is 5.74. The molecule has 1 fully saturated rings. The molecule has 0 bridgehead atoms. The number of aliphatic hydroxyl groups excluding tert-OH is 1. The number of rotatable bonds is 3. The molecule has 0 aromatic carbocycles. The zero-order chi connectivity index (χ0) is 17.7. The summed E-state index contributed by atoms with van der Waals surface area (Å²) in [7, 11) is 0. The van der Waals surface area contributed by atoms with E-state index in [0.717, 1.165) is 29.8 Å². The van der Waals surface area contributed by atoms with Gasteiger partial charge < -0.3 is 9.67 Å². The molecule has 0 aliphatic carbocycles. The summed E-state index contributed by atoms with van der Waals surface area (Å²) in [6, 6.07) is 6.10. The van der Waals surface area contributed by atoms with Crippen LogP contribution in [0.25, 0.3) is 11.2 Å². The maximum atomic E-state index is 10.8. The van der Waals surface area contributed by atoms with Gasteiger partial charge in [0, 0.05) is 36.5 Å². The summed E-state index contributed by atoms with van der Waals surface area (Å²) in [4.78, 5) is 16.4. The molecular formula is C20H23N5O. The second kappa shape index (κ2) is 6.14. The van der Waals surface area contributed by atoms with Gasteiger partial charge in [0.2, 0.25) is 0 Å². The summed E-state index contributed by atoms with van der Waals surface area (Å²) in [5.74, 6) is 0. The van der Waals surface area contributed by atoms with E-state index >= 15 is 0 Å². The molecule has 2 atom stereocenters. The fraction of sp³-hybridized carbons (Fsp3) is 0.450. The Hall–Kier alpha value is -2.31. The highest BCUT2D eigenvalue weighted by Crippen LogP contribution is 2.42. The van der Waals surface area contributed by atoms with Gasteiger partial charge in [0.05, 0.1) is 24.1 Å². The minimum absolute atomic E-state index is 0.450. The molecule has 0 radical (unpaired) electrons. The van der Waals surface area contributed by atoms with Crippen LogP contribution in [0.4, 0.5) is 0 Å². The summed E-state index contributed by atoms with van der Waals surface area (Å²) in [5.41, 5.74) is 6.19. The Morgan fingerprint density at radius 2 is 2.19 bits per heavy atom. The first kappa shape index (κ1) is 15.9. The van der Waals surface area contributed by atoms with E-state index in [4.69, 9.17) is 9.97 Å². The van der Waals surface area contributed by atoms with Crippen LogP contribution in [-0.2, 0) is 13.0 Å². The minimum Gasteiger partial charge on any atom is -0.385 e. The van der Waals surface area contributed by atoms with Crippen molar-refractivity contribution >= 4 is 11.2 Å². The molecule has 5 heterocycles. The predicted molar refractivity (Wildman–Crippen MR) is 98.7 cm³/mol. The van der Waals surface area contributed by atoms with Gasteiger partial charge >= 0.3 is 0 Å². The molecule has 26 heavy (non-hydrogen) atoms. The monoisotopic (exact) mass is 349 g/mol. The molecule has 0 amide bonds. The number of pyridine rings is 1. The van der Waals surface area contributed by atoms with Crippen LogP contribution >= 0.6 is 0 Å². The topological polar surface area (TPSA) is 67.1 Å². The number of aryl methyl sites for hydroxylation is 1. The first-order valence-electron chi connectivity index (χ1n) is 9.40. The quantitative estimate of drug-likeness (QED) is 0.787. The van der Waals surface area contributed by atoms with Crippen LogP contribution in [0, 0.1) is 6.92 Å². The summed E-state index contributed by atoms with van der Waals surface area (Å²) >= 11 is 0. The molecule has 2 unspecified atom stereocenters. The molecule has 134 valence electrons. The molecular weight excluding hydrogens is 326 g/mol. The second-order valence-electron chi connectivity index (χ2n) is 7.37. The van der Waals surface area contributed by atoms with E-state index in [2.05, 4.69) is 14.5 Å². The number of hydrogen-bond donors (Lipinski definition) is 1. The molecule has 6 heteroatoms. The van der Waals surface area contributed by atoms with Crippen molar-refractivity contribution in [1.29, 1.82) is 0 Å². The minimum atomic E-state index is -0.652. The number of fused-ring (bicyclic) bond motifs is 5. The van der Waals surface area contributed by atoms with Crippen LogP contribution < -0.4 is 0 Å². The molecule has 3 aromatic rings. The van der Waals surface area contributed by atoms with Crippen molar-refractivity contribution in [3.05, 3.63) is 53.2 Å². The first-order valence-corrected chi connectivity index (χ1v) is 9.40. The van der Waals surface area contributed by atoms with Gasteiger partial charge in [-0.2, -0.15) is 0 Å². The number of aromatic nitrogens is 4.